The molecular formula is C34H59N2O3+. The van der Waals surface area contributed by atoms with Crippen LogP contribution in [0.15, 0.2) is 0 Å². The van der Waals surface area contributed by atoms with Gasteiger partial charge in [0.05, 0.1) is 26.2 Å². The molecule has 0 radical (unpaired) electrons. The molecule has 2 saturated heterocycles. The number of esters is 1. The number of hydrogen-bond acceptors (Lipinski definition) is 4. The molecule has 10 atom stereocenters. The zero-order chi connectivity index (χ0) is 27.4. The Labute approximate surface area is 239 Å². The van der Waals surface area contributed by atoms with Crippen molar-refractivity contribution in [3.05, 3.63) is 0 Å². The van der Waals surface area contributed by atoms with Crippen LogP contribution in [0.4, 0.5) is 0 Å². The lowest BCUT2D eigenvalue weighted by molar-refractivity contribution is -0.935. The molecule has 0 bridgehead atoms. The van der Waals surface area contributed by atoms with Crippen LogP contribution in [-0.2, 0) is 9.53 Å². The van der Waals surface area contributed by atoms with Crippen molar-refractivity contribution < 1.29 is 19.1 Å². The number of carbonyl (C=O) groups excluding carboxylic acids is 1. The van der Waals surface area contributed by atoms with Gasteiger partial charge in [-0.3, -0.25) is 9.69 Å². The highest BCUT2D eigenvalue weighted by molar-refractivity contribution is 5.69. The van der Waals surface area contributed by atoms with Gasteiger partial charge in [-0.25, -0.2) is 0 Å². The van der Waals surface area contributed by atoms with Crippen LogP contribution in [-0.4, -0.2) is 78.0 Å². The molecule has 1 N–H and O–H groups in total. The molecule has 39 heavy (non-hydrogen) atoms. The smallest absolute Gasteiger partial charge is 0.306 e. The van der Waals surface area contributed by atoms with Gasteiger partial charge in [0.2, 0.25) is 0 Å². The quantitative estimate of drug-likeness (QED) is 0.340. The molecule has 5 heteroatoms. The van der Waals surface area contributed by atoms with E-state index in [0.717, 1.165) is 22.7 Å². The molecule has 0 unspecified atom stereocenters. The highest BCUT2D eigenvalue weighted by atomic mass is 16.5. The minimum absolute atomic E-state index is 0.0109. The number of ether oxygens (including phenoxy) is 1. The number of fused-ring (bicyclic) bond motifs is 5. The standard InChI is InChI=1S/C34H59N2O3/c1-5-31(38)39-32-29(36(4)19-11-6-7-12-20-36)22-27-25-14-13-24-21-30(37)28(35-17-9-8-10-18-35)23-34(24,3)26(25)15-16-33(27,32)2/h24-30,32,37H,5-23H2,1-4H3/q+1/t24-,25+,26-,27-,28-,29-,30-,32-,33-,34-/m0/s1. The van der Waals surface area contributed by atoms with Crippen molar-refractivity contribution in [1.29, 1.82) is 0 Å². The summed E-state index contributed by atoms with van der Waals surface area (Å²) in [6, 6.07) is 0.807. The molecule has 6 fully saturated rings. The van der Waals surface area contributed by atoms with Gasteiger partial charge in [-0.1, -0.05) is 27.2 Å². The number of piperidine rings is 1. The Morgan fingerprint density at radius 1 is 0.923 bits per heavy atom. The monoisotopic (exact) mass is 543 g/mol. The van der Waals surface area contributed by atoms with Gasteiger partial charge >= 0.3 is 5.97 Å². The van der Waals surface area contributed by atoms with Crippen molar-refractivity contribution in [2.24, 2.45) is 34.5 Å². The number of carbonyl (C=O) groups is 1. The van der Waals surface area contributed by atoms with Crippen LogP contribution in [0.5, 0.6) is 0 Å². The lowest BCUT2D eigenvalue weighted by Crippen LogP contribution is -2.61. The first kappa shape index (κ1) is 28.5. The second-order valence-electron chi connectivity index (χ2n) is 15.8. The summed E-state index contributed by atoms with van der Waals surface area (Å²) in [5.41, 5.74) is 0.439. The Balaban J connectivity index is 1.29. The number of hydrogen-bond donors (Lipinski definition) is 1. The van der Waals surface area contributed by atoms with Crippen LogP contribution in [0.25, 0.3) is 0 Å². The summed E-state index contributed by atoms with van der Waals surface area (Å²) in [6.45, 7) is 12.0. The van der Waals surface area contributed by atoms with Crippen molar-refractivity contribution in [2.45, 2.75) is 141 Å². The summed E-state index contributed by atoms with van der Waals surface area (Å²) in [5, 5.41) is 11.3. The summed E-state index contributed by atoms with van der Waals surface area (Å²) in [4.78, 5) is 15.5. The van der Waals surface area contributed by atoms with Crippen molar-refractivity contribution >= 4 is 5.97 Å². The Morgan fingerprint density at radius 3 is 2.31 bits per heavy atom. The minimum atomic E-state index is -0.146. The molecule has 4 saturated carbocycles. The first-order chi connectivity index (χ1) is 18.7. The third-order valence-electron chi connectivity index (χ3n) is 13.9. The van der Waals surface area contributed by atoms with Gasteiger partial charge in [-0.05, 0) is 119 Å². The molecule has 6 rings (SSSR count). The Hall–Kier alpha value is -0.650. The second-order valence-corrected chi connectivity index (χ2v) is 15.8. The highest BCUT2D eigenvalue weighted by Crippen LogP contribution is 2.67. The maximum Gasteiger partial charge on any atom is 0.306 e. The third kappa shape index (κ3) is 4.83. The number of likely N-dealkylation sites (N-methyl/N-ethyl adjacent to an activating group) is 1. The molecule has 0 aromatic rings. The summed E-state index contributed by atoms with van der Waals surface area (Å²) < 4.78 is 7.65. The number of quaternary nitrogens is 1. The van der Waals surface area contributed by atoms with Crippen LogP contribution in [0.1, 0.15) is 117 Å². The average molecular weight is 544 g/mol. The number of aliphatic hydroxyl groups is 1. The van der Waals surface area contributed by atoms with E-state index in [-0.39, 0.29) is 23.6 Å². The van der Waals surface area contributed by atoms with E-state index in [9.17, 15) is 9.90 Å². The third-order valence-corrected chi connectivity index (χ3v) is 13.9. The summed E-state index contributed by atoms with van der Waals surface area (Å²) in [5.74, 6) is 2.84. The fraction of sp³-hybridized carbons (Fsp3) is 0.971. The number of nitrogens with zero attached hydrogens (tertiary/aromatic N) is 2. The maximum absolute atomic E-state index is 12.9. The lowest BCUT2D eigenvalue weighted by Gasteiger charge is -2.62. The molecule has 222 valence electrons. The van der Waals surface area contributed by atoms with Crippen molar-refractivity contribution in [1.82, 2.24) is 4.90 Å². The number of aliphatic hydroxyl groups excluding tert-OH is 1. The van der Waals surface area contributed by atoms with Gasteiger partial charge in [-0.15, -0.1) is 0 Å². The molecule has 0 spiro atoms. The van der Waals surface area contributed by atoms with Gasteiger partial charge in [0.25, 0.3) is 0 Å². The normalized spacial score (nSPS) is 48.3. The van der Waals surface area contributed by atoms with Crippen LogP contribution in [0.2, 0.25) is 0 Å². The average Bonchev–Trinajstić information content (AvgIpc) is 3.06. The topological polar surface area (TPSA) is 49.8 Å². The van der Waals surface area contributed by atoms with Crippen molar-refractivity contribution in [3.63, 3.8) is 0 Å². The SMILES string of the molecule is CCC(=O)O[C@H]1[C@@H]([N+]2(C)CCCCCC2)C[C@H]2[C@@H]3CC[C@H]4C[C@H](O)[C@@H](N5CCCCC5)C[C@]4(C)[C@H]3CC[C@@]21C. The maximum atomic E-state index is 12.9. The molecule has 2 aliphatic heterocycles. The molecule has 0 amide bonds. The van der Waals surface area contributed by atoms with E-state index >= 15 is 0 Å². The van der Waals surface area contributed by atoms with Gasteiger partial charge in [0.15, 0.2) is 6.10 Å². The highest BCUT2D eigenvalue weighted by Gasteiger charge is 2.67. The molecule has 2 heterocycles. The van der Waals surface area contributed by atoms with Gasteiger partial charge < -0.3 is 14.3 Å². The van der Waals surface area contributed by atoms with E-state index in [2.05, 4.69) is 25.8 Å². The fourth-order valence-corrected chi connectivity index (χ4v) is 11.6. The molecular weight excluding hydrogens is 484 g/mol. The zero-order valence-corrected chi connectivity index (χ0v) is 25.7. The summed E-state index contributed by atoms with van der Waals surface area (Å²) in [6.07, 6.45) is 18.2. The molecule has 0 aromatic carbocycles. The zero-order valence-electron chi connectivity index (χ0n) is 25.7. The summed E-state index contributed by atoms with van der Waals surface area (Å²) >= 11 is 0. The van der Waals surface area contributed by atoms with E-state index in [0.29, 0.717) is 35.8 Å². The Morgan fingerprint density at radius 2 is 1.62 bits per heavy atom. The van der Waals surface area contributed by atoms with Crippen LogP contribution >= 0.6 is 0 Å². The lowest BCUT2D eigenvalue weighted by atomic mass is 9.44. The van der Waals surface area contributed by atoms with Crippen molar-refractivity contribution in [3.8, 4) is 0 Å². The van der Waals surface area contributed by atoms with Gasteiger partial charge in [0, 0.05) is 24.3 Å². The van der Waals surface area contributed by atoms with E-state index in [1.54, 1.807) is 0 Å². The Kier molecular flexibility index (Phi) is 7.94. The van der Waals surface area contributed by atoms with Crippen LogP contribution in [0, 0.1) is 34.5 Å². The van der Waals surface area contributed by atoms with Crippen LogP contribution in [0.3, 0.4) is 0 Å². The predicted octanol–water partition coefficient (Wildman–Crippen LogP) is 6.18. The minimum Gasteiger partial charge on any atom is -0.455 e. The number of rotatable bonds is 4. The fourth-order valence-electron chi connectivity index (χ4n) is 11.6. The first-order valence-corrected chi connectivity index (χ1v) is 17.2. The largest absolute Gasteiger partial charge is 0.455 e. The summed E-state index contributed by atoms with van der Waals surface area (Å²) in [7, 11) is 2.50. The number of likely N-dealkylation sites (tertiary alicyclic amines) is 2. The first-order valence-electron chi connectivity index (χ1n) is 17.2. The van der Waals surface area contributed by atoms with E-state index in [1.165, 1.54) is 110 Å². The van der Waals surface area contributed by atoms with E-state index < -0.39 is 0 Å². The van der Waals surface area contributed by atoms with E-state index in [4.69, 9.17) is 4.74 Å². The Bertz CT molecular complexity index is 880. The second kappa shape index (κ2) is 10.9. The molecule has 0 aromatic heterocycles. The van der Waals surface area contributed by atoms with E-state index in [1.807, 2.05) is 6.92 Å². The van der Waals surface area contributed by atoms with Crippen LogP contribution < -0.4 is 0 Å². The van der Waals surface area contributed by atoms with Gasteiger partial charge in [-0.2, -0.15) is 0 Å². The predicted molar refractivity (Wildman–Crippen MR) is 156 cm³/mol. The molecule has 4 aliphatic carbocycles. The van der Waals surface area contributed by atoms with Crippen molar-refractivity contribution in [2.75, 3.05) is 33.2 Å². The molecule has 5 nitrogen and oxygen atoms in total. The van der Waals surface area contributed by atoms with Gasteiger partial charge in [0.1, 0.15) is 6.04 Å². The molecule has 6 aliphatic rings.